The minimum absolute atomic E-state index is 0.0214. The standard InChI is InChI=1S/C21H31N5O4/c1-11-5-15(30-24-11)6-22-21(29)18-12(2)19(27)20(28)17-10-26(9-16(17)18)8-14-7-25(4)23-13(14)3/h5,7,12,16-20,27-28H,6,8-10H2,1-4H3,(H,22,29)/t12-,16+,17+,18+,19+,20+/m1/s1. The zero-order valence-corrected chi connectivity index (χ0v) is 17.9. The molecule has 2 aromatic heterocycles. The van der Waals surface area contributed by atoms with Gasteiger partial charge in [-0.15, -0.1) is 0 Å². The Hall–Kier alpha value is -2.23. The highest BCUT2D eigenvalue weighted by Crippen LogP contribution is 2.44. The Morgan fingerprint density at radius 1 is 1.27 bits per heavy atom. The number of amides is 1. The Labute approximate surface area is 176 Å². The predicted octanol–water partition coefficient (Wildman–Crippen LogP) is 0.377. The van der Waals surface area contributed by atoms with Gasteiger partial charge in [-0.25, -0.2) is 0 Å². The Morgan fingerprint density at radius 3 is 2.63 bits per heavy atom. The highest BCUT2D eigenvalue weighted by molar-refractivity contribution is 5.79. The van der Waals surface area contributed by atoms with Crippen LogP contribution in [0.3, 0.4) is 0 Å². The van der Waals surface area contributed by atoms with Crippen LogP contribution in [-0.4, -0.2) is 61.3 Å². The maximum atomic E-state index is 13.1. The maximum absolute atomic E-state index is 13.1. The Balaban J connectivity index is 1.48. The summed E-state index contributed by atoms with van der Waals surface area (Å²) in [4.78, 5) is 15.4. The van der Waals surface area contributed by atoms with Crippen molar-refractivity contribution in [1.82, 2.24) is 25.2 Å². The van der Waals surface area contributed by atoms with Gasteiger partial charge >= 0.3 is 0 Å². The quantitative estimate of drug-likeness (QED) is 0.644. The third-order valence-electron chi connectivity index (χ3n) is 6.77. The van der Waals surface area contributed by atoms with Crippen LogP contribution >= 0.6 is 0 Å². The molecule has 30 heavy (non-hydrogen) atoms. The molecule has 0 radical (unpaired) electrons. The van der Waals surface area contributed by atoms with Gasteiger partial charge in [-0.3, -0.25) is 14.4 Å². The van der Waals surface area contributed by atoms with Crippen molar-refractivity contribution in [2.45, 2.75) is 46.1 Å². The van der Waals surface area contributed by atoms with Crippen LogP contribution < -0.4 is 5.32 Å². The smallest absolute Gasteiger partial charge is 0.224 e. The number of likely N-dealkylation sites (tertiary alicyclic amines) is 1. The fourth-order valence-corrected chi connectivity index (χ4v) is 5.25. The van der Waals surface area contributed by atoms with Gasteiger partial charge in [-0.05, 0) is 25.7 Å². The van der Waals surface area contributed by atoms with E-state index in [1.165, 1.54) is 0 Å². The van der Waals surface area contributed by atoms with E-state index in [2.05, 4.69) is 20.5 Å². The predicted molar refractivity (Wildman–Crippen MR) is 108 cm³/mol. The van der Waals surface area contributed by atoms with Crippen molar-refractivity contribution in [1.29, 1.82) is 0 Å². The largest absolute Gasteiger partial charge is 0.390 e. The highest BCUT2D eigenvalue weighted by Gasteiger charge is 2.53. The zero-order chi connectivity index (χ0) is 21.6. The fourth-order valence-electron chi connectivity index (χ4n) is 5.25. The van der Waals surface area contributed by atoms with E-state index in [9.17, 15) is 15.0 Å². The third-order valence-corrected chi connectivity index (χ3v) is 6.77. The molecule has 4 rings (SSSR count). The average molecular weight is 418 g/mol. The lowest BCUT2D eigenvalue weighted by atomic mass is 9.65. The van der Waals surface area contributed by atoms with E-state index in [0.29, 0.717) is 18.8 Å². The number of hydrogen-bond donors (Lipinski definition) is 3. The Kier molecular flexibility index (Phi) is 5.69. The lowest BCUT2D eigenvalue weighted by Crippen LogP contribution is -2.55. The number of nitrogens with one attached hydrogen (secondary N) is 1. The summed E-state index contributed by atoms with van der Waals surface area (Å²) in [7, 11) is 1.90. The summed E-state index contributed by atoms with van der Waals surface area (Å²) in [6.45, 7) is 7.99. The summed E-state index contributed by atoms with van der Waals surface area (Å²) < 4.78 is 6.98. The molecule has 1 saturated carbocycles. The molecule has 0 unspecified atom stereocenters. The number of aryl methyl sites for hydroxylation is 3. The Morgan fingerprint density at radius 2 is 2.00 bits per heavy atom. The number of aliphatic hydroxyl groups is 2. The molecule has 2 aromatic rings. The molecule has 0 spiro atoms. The topological polar surface area (TPSA) is 117 Å². The molecule has 9 heteroatoms. The van der Waals surface area contributed by atoms with E-state index in [0.717, 1.165) is 23.5 Å². The van der Waals surface area contributed by atoms with Gasteiger partial charge in [0.25, 0.3) is 0 Å². The van der Waals surface area contributed by atoms with Crippen LogP contribution in [0.15, 0.2) is 16.8 Å². The lowest BCUT2D eigenvalue weighted by Gasteiger charge is -2.43. The second kappa shape index (κ2) is 8.13. The maximum Gasteiger partial charge on any atom is 0.224 e. The monoisotopic (exact) mass is 417 g/mol. The van der Waals surface area contributed by atoms with Crippen molar-refractivity contribution in [3.05, 3.63) is 35.0 Å². The molecule has 3 N–H and O–H groups in total. The number of hydrogen-bond acceptors (Lipinski definition) is 7. The molecule has 1 aliphatic carbocycles. The number of carbonyl (C=O) groups excluding carboxylic acids is 1. The van der Waals surface area contributed by atoms with Crippen LogP contribution in [-0.2, 0) is 24.9 Å². The molecular formula is C21H31N5O4. The minimum Gasteiger partial charge on any atom is -0.390 e. The first-order valence-electron chi connectivity index (χ1n) is 10.5. The molecule has 9 nitrogen and oxygen atoms in total. The number of aromatic nitrogens is 3. The molecule has 2 aliphatic rings. The summed E-state index contributed by atoms with van der Waals surface area (Å²) in [6, 6.07) is 1.79. The van der Waals surface area contributed by atoms with Crippen molar-refractivity contribution in [2.75, 3.05) is 13.1 Å². The van der Waals surface area contributed by atoms with Gasteiger partial charge in [0.2, 0.25) is 5.91 Å². The second-order valence-electron chi connectivity index (χ2n) is 8.95. The van der Waals surface area contributed by atoms with Crippen LogP contribution in [0.25, 0.3) is 0 Å². The lowest BCUT2D eigenvalue weighted by molar-refractivity contribution is -0.146. The molecule has 0 bridgehead atoms. The van der Waals surface area contributed by atoms with Crippen LogP contribution in [0.5, 0.6) is 0 Å². The highest BCUT2D eigenvalue weighted by atomic mass is 16.5. The average Bonchev–Trinajstić information content (AvgIpc) is 3.38. The number of aliphatic hydroxyl groups excluding tert-OH is 2. The number of carbonyl (C=O) groups is 1. The van der Waals surface area contributed by atoms with Gasteiger partial charge in [-0.2, -0.15) is 5.10 Å². The molecule has 1 saturated heterocycles. The van der Waals surface area contributed by atoms with Gasteiger partial charge in [0, 0.05) is 56.3 Å². The van der Waals surface area contributed by atoms with Crippen LogP contribution in [0.4, 0.5) is 0 Å². The fraction of sp³-hybridized carbons (Fsp3) is 0.667. The third kappa shape index (κ3) is 3.89. The van der Waals surface area contributed by atoms with Crippen molar-refractivity contribution >= 4 is 5.91 Å². The minimum atomic E-state index is -0.922. The molecule has 6 atom stereocenters. The van der Waals surface area contributed by atoms with Gasteiger partial charge in [0.05, 0.1) is 30.1 Å². The van der Waals surface area contributed by atoms with Gasteiger partial charge in [0.15, 0.2) is 5.76 Å². The molecule has 1 amide bonds. The first-order chi connectivity index (χ1) is 14.2. The molecule has 2 fully saturated rings. The number of nitrogens with zero attached hydrogens (tertiary/aromatic N) is 4. The van der Waals surface area contributed by atoms with Crippen molar-refractivity contribution in [2.24, 2.45) is 30.7 Å². The van der Waals surface area contributed by atoms with Crippen LogP contribution in [0, 0.1) is 37.5 Å². The van der Waals surface area contributed by atoms with E-state index in [1.54, 1.807) is 10.7 Å². The summed E-state index contributed by atoms with van der Waals surface area (Å²) in [6.07, 6.45) is 0.259. The van der Waals surface area contributed by atoms with Crippen molar-refractivity contribution < 1.29 is 19.5 Å². The molecule has 0 aromatic carbocycles. The molecule has 164 valence electrons. The van der Waals surface area contributed by atoms with Crippen molar-refractivity contribution in [3.63, 3.8) is 0 Å². The van der Waals surface area contributed by atoms with Gasteiger partial charge in [0.1, 0.15) is 0 Å². The summed E-state index contributed by atoms with van der Waals surface area (Å²) in [5.74, 6) is -0.392. The van der Waals surface area contributed by atoms with Crippen molar-refractivity contribution in [3.8, 4) is 0 Å². The Bertz CT molecular complexity index is 909. The van der Waals surface area contributed by atoms with E-state index >= 15 is 0 Å². The van der Waals surface area contributed by atoms with Crippen LogP contribution in [0.1, 0.15) is 29.6 Å². The van der Waals surface area contributed by atoms with Gasteiger partial charge < -0.3 is 20.1 Å². The molecular weight excluding hydrogens is 386 g/mol. The number of rotatable bonds is 5. The van der Waals surface area contributed by atoms with E-state index < -0.39 is 12.2 Å². The van der Waals surface area contributed by atoms with E-state index in [1.807, 2.05) is 34.0 Å². The summed E-state index contributed by atoms with van der Waals surface area (Å²) >= 11 is 0. The first-order valence-corrected chi connectivity index (χ1v) is 10.5. The summed E-state index contributed by atoms with van der Waals surface area (Å²) in [5.41, 5.74) is 2.89. The molecule has 1 aliphatic heterocycles. The van der Waals surface area contributed by atoms with E-state index in [-0.39, 0.29) is 36.1 Å². The second-order valence-corrected chi connectivity index (χ2v) is 8.95. The molecule has 3 heterocycles. The zero-order valence-electron chi connectivity index (χ0n) is 17.9. The summed E-state index contributed by atoms with van der Waals surface area (Å²) in [5, 5.41) is 32.5. The SMILES string of the molecule is Cc1cc(CNC(=O)[C@H]2[C@@H](C)[C@H](O)[C@@H](O)[C@H]3CN(Cc4cn(C)nc4C)C[C@@H]32)on1. The van der Waals surface area contributed by atoms with Crippen LogP contribution in [0.2, 0.25) is 0 Å². The number of fused-ring (bicyclic) bond motifs is 1. The first kappa shape index (κ1) is 21.0. The normalized spacial score (nSPS) is 31.7. The van der Waals surface area contributed by atoms with E-state index in [4.69, 9.17) is 4.52 Å². The van der Waals surface area contributed by atoms with Gasteiger partial charge in [-0.1, -0.05) is 12.1 Å².